The molecule has 1 fully saturated rings. The quantitative estimate of drug-likeness (QED) is 0.688. The van der Waals surface area contributed by atoms with E-state index < -0.39 is 0 Å². The average molecular weight is 409 g/mol. The molecule has 30 heavy (non-hydrogen) atoms. The second-order valence-electron chi connectivity index (χ2n) is 8.83. The number of pyridine rings is 1. The fourth-order valence-corrected chi connectivity index (χ4v) is 3.67. The van der Waals surface area contributed by atoms with Gasteiger partial charge < -0.3 is 10.2 Å². The Morgan fingerprint density at radius 2 is 1.93 bits per heavy atom. The highest BCUT2D eigenvalue weighted by Crippen LogP contribution is 2.24. The highest BCUT2D eigenvalue weighted by atomic mass is 16.2. The van der Waals surface area contributed by atoms with Crippen LogP contribution >= 0.6 is 0 Å². The third-order valence-corrected chi connectivity index (χ3v) is 5.39. The maximum absolute atomic E-state index is 12.6. The van der Waals surface area contributed by atoms with E-state index in [1.807, 2.05) is 44.7 Å². The van der Waals surface area contributed by atoms with Crippen LogP contribution in [0.4, 0.5) is 11.8 Å². The summed E-state index contributed by atoms with van der Waals surface area (Å²) in [4.78, 5) is 38.9. The number of hydrogen-bond donors (Lipinski definition) is 2. The van der Waals surface area contributed by atoms with Gasteiger partial charge in [0.15, 0.2) is 5.65 Å². The molecule has 158 valence electrons. The number of anilines is 2. The smallest absolute Gasteiger partial charge is 0.263 e. The van der Waals surface area contributed by atoms with E-state index in [0.29, 0.717) is 48.7 Å². The van der Waals surface area contributed by atoms with Crippen molar-refractivity contribution >= 4 is 28.7 Å². The first-order valence-electron chi connectivity index (χ1n) is 10.2. The lowest BCUT2D eigenvalue weighted by atomic mass is 9.96. The number of carbonyl (C=O) groups excluding carboxylic acids is 1. The molecule has 0 aromatic carbocycles. The molecular formula is C21H27N7O2. The second kappa shape index (κ2) is 7.55. The van der Waals surface area contributed by atoms with Crippen LogP contribution in [0, 0.1) is 12.8 Å². The van der Waals surface area contributed by atoms with Crippen LogP contribution in [0.3, 0.4) is 0 Å². The largest absolute Gasteiger partial charge is 0.342 e. The number of aromatic amines is 1. The van der Waals surface area contributed by atoms with E-state index in [2.05, 4.69) is 20.4 Å². The summed E-state index contributed by atoms with van der Waals surface area (Å²) in [7, 11) is 0. The summed E-state index contributed by atoms with van der Waals surface area (Å²) >= 11 is 0. The predicted octanol–water partition coefficient (Wildman–Crippen LogP) is 2.43. The Morgan fingerprint density at radius 1 is 1.20 bits per heavy atom. The van der Waals surface area contributed by atoms with Gasteiger partial charge in [0.1, 0.15) is 11.2 Å². The summed E-state index contributed by atoms with van der Waals surface area (Å²) in [6.07, 6.45) is 4.65. The summed E-state index contributed by atoms with van der Waals surface area (Å²) in [6.45, 7) is 9.30. The highest BCUT2D eigenvalue weighted by molar-refractivity contribution is 5.91. The molecule has 9 heteroatoms. The van der Waals surface area contributed by atoms with Crippen molar-refractivity contribution in [3.05, 3.63) is 40.4 Å². The van der Waals surface area contributed by atoms with Gasteiger partial charge in [-0.1, -0.05) is 6.07 Å². The van der Waals surface area contributed by atoms with Crippen LogP contribution in [-0.2, 0) is 10.3 Å². The van der Waals surface area contributed by atoms with Gasteiger partial charge in [-0.2, -0.15) is 10.1 Å². The Bertz CT molecular complexity index is 1120. The molecule has 3 aromatic heterocycles. The third-order valence-electron chi connectivity index (χ3n) is 5.39. The van der Waals surface area contributed by atoms with Crippen molar-refractivity contribution in [1.29, 1.82) is 0 Å². The molecule has 0 unspecified atom stereocenters. The molecule has 0 saturated carbocycles. The first-order valence-corrected chi connectivity index (χ1v) is 10.2. The molecular weight excluding hydrogens is 382 g/mol. The molecule has 1 aliphatic rings. The van der Waals surface area contributed by atoms with Gasteiger partial charge in [-0.15, -0.1) is 0 Å². The van der Waals surface area contributed by atoms with Crippen LogP contribution in [0.15, 0.2) is 29.3 Å². The van der Waals surface area contributed by atoms with E-state index >= 15 is 0 Å². The van der Waals surface area contributed by atoms with Gasteiger partial charge in [0.05, 0.1) is 11.7 Å². The molecule has 0 atom stereocenters. The van der Waals surface area contributed by atoms with Crippen molar-refractivity contribution in [3.63, 3.8) is 0 Å². The van der Waals surface area contributed by atoms with Gasteiger partial charge >= 0.3 is 0 Å². The van der Waals surface area contributed by atoms with Crippen LogP contribution in [0.25, 0.3) is 11.0 Å². The predicted molar refractivity (Wildman–Crippen MR) is 116 cm³/mol. The molecule has 0 radical (unpaired) electrons. The lowest BCUT2D eigenvalue weighted by Gasteiger charge is -2.31. The van der Waals surface area contributed by atoms with Crippen LogP contribution in [0.5, 0.6) is 0 Å². The third kappa shape index (κ3) is 3.92. The Morgan fingerprint density at radius 3 is 2.57 bits per heavy atom. The summed E-state index contributed by atoms with van der Waals surface area (Å²) in [5.74, 6) is 0.978. The van der Waals surface area contributed by atoms with Crippen molar-refractivity contribution in [2.75, 3.05) is 23.3 Å². The van der Waals surface area contributed by atoms with Gasteiger partial charge in [-0.25, -0.2) is 9.67 Å². The summed E-state index contributed by atoms with van der Waals surface area (Å²) < 4.78 is 1.77. The van der Waals surface area contributed by atoms with Crippen molar-refractivity contribution in [2.45, 2.75) is 46.1 Å². The lowest BCUT2D eigenvalue weighted by Crippen LogP contribution is -2.39. The zero-order valence-electron chi connectivity index (χ0n) is 17.8. The number of hydrogen-bond acceptors (Lipinski definition) is 6. The number of nitrogens with one attached hydrogen (secondary N) is 2. The Balaban J connectivity index is 1.47. The number of H-pyrrole nitrogens is 1. The number of piperidine rings is 1. The minimum absolute atomic E-state index is 0.0197. The number of aryl methyl sites for hydroxylation is 1. The van der Waals surface area contributed by atoms with E-state index in [9.17, 15) is 9.59 Å². The van der Waals surface area contributed by atoms with Crippen molar-refractivity contribution in [3.8, 4) is 0 Å². The molecule has 0 bridgehead atoms. The lowest BCUT2D eigenvalue weighted by molar-refractivity contribution is -0.120. The molecule has 3 aromatic rings. The molecule has 9 nitrogen and oxygen atoms in total. The van der Waals surface area contributed by atoms with Crippen molar-refractivity contribution < 1.29 is 4.79 Å². The maximum atomic E-state index is 12.6. The van der Waals surface area contributed by atoms with E-state index in [1.165, 1.54) is 0 Å². The monoisotopic (exact) mass is 409 g/mol. The molecule has 2 N–H and O–H groups in total. The highest BCUT2D eigenvalue weighted by Gasteiger charge is 2.27. The van der Waals surface area contributed by atoms with E-state index in [-0.39, 0.29) is 22.9 Å². The van der Waals surface area contributed by atoms with Gasteiger partial charge in [0.25, 0.3) is 5.56 Å². The fraction of sp³-hybridized carbons (Fsp3) is 0.476. The van der Waals surface area contributed by atoms with Crippen LogP contribution < -0.4 is 15.8 Å². The zero-order chi connectivity index (χ0) is 21.5. The summed E-state index contributed by atoms with van der Waals surface area (Å²) in [5, 5.41) is 7.72. The maximum Gasteiger partial charge on any atom is 0.263 e. The average Bonchev–Trinajstić information content (AvgIpc) is 3.15. The Kier molecular flexibility index (Phi) is 5.05. The molecule has 0 aliphatic carbocycles. The number of fused-ring (bicyclic) bond motifs is 1. The molecule has 1 amide bonds. The fourth-order valence-electron chi connectivity index (χ4n) is 3.67. The summed E-state index contributed by atoms with van der Waals surface area (Å²) in [5.41, 5.74) is 1.14. The first-order chi connectivity index (χ1) is 14.2. The van der Waals surface area contributed by atoms with Gasteiger partial charge in [0.2, 0.25) is 11.9 Å². The number of amides is 1. The standard InChI is InChI=1S/C21H27N7O2/c1-13-5-6-16(22-11-13)24-18(29)14-7-9-27(10-8-14)20-25-17-15(19(30)26-20)12-23-28(17)21(2,3)4/h5-6,11-12,14H,7-10H2,1-4H3,(H,22,24,29)(H,25,26,30). The summed E-state index contributed by atoms with van der Waals surface area (Å²) in [6, 6.07) is 3.73. The number of nitrogens with zero attached hydrogens (tertiary/aromatic N) is 5. The number of aromatic nitrogens is 5. The second-order valence-corrected chi connectivity index (χ2v) is 8.83. The SMILES string of the molecule is Cc1ccc(NC(=O)C2CCN(c3nc4c(cnn4C(C)(C)C)c(=O)[nH]3)CC2)nc1. The van der Waals surface area contributed by atoms with E-state index in [1.54, 1.807) is 17.1 Å². The van der Waals surface area contributed by atoms with E-state index in [0.717, 1.165) is 5.56 Å². The van der Waals surface area contributed by atoms with Gasteiger partial charge in [-0.3, -0.25) is 14.6 Å². The molecule has 1 saturated heterocycles. The minimum atomic E-state index is -0.283. The number of carbonyl (C=O) groups is 1. The van der Waals surface area contributed by atoms with Gasteiger partial charge in [0, 0.05) is 25.2 Å². The molecule has 4 heterocycles. The first kappa shape index (κ1) is 20.1. The Hall–Kier alpha value is -3.23. The van der Waals surface area contributed by atoms with Crippen LogP contribution in [-0.4, -0.2) is 43.7 Å². The zero-order valence-corrected chi connectivity index (χ0v) is 17.8. The van der Waals surface area contributed by atoms with Gasteiger partial charge in [-0.05, 0) is 52.2 Å². The van der Waals surface area contributed by atoms with Crippen LogP contribution in [0.1, 0.15) is 39.2 Å². The molecule has 1 aliphatic heterocycles. The van der Waals surface area contributed by atoms with E-state index in [4.69, 9.17) is 4.98 Å². The normalized spacial score (nSPS) is 15.5. The van der Waals surface area contributed by atoms with Crippen molar-refractivity contribution in [1.82, 2.24) is 24.7 Å². The number of rotatable bonds is 3. The van der Waals surface area contributed by atoms with Crippen molar-refractivity contribution in [2.24, 2.45) is 5.92 Å². The molecule has 0 spiro atoms. The minimum Gasteiger partial charge on any atom is -0.342 e. The topological polar surface area (TPSA) is 109 Å². The Labute approximate surface area is 174 Å². The molecule has 4 rings (SSSR count). The van der Waals surface area contributed by atoms with Crippen LogP contribution in [0.2, 0.25) is 0 Å².